The first kappa shape index (κ1) is 20.2. The molecule has 3 aliphatic rings. The number of hydrogen-bond donors (Lipinski definition) is 1. The van der Waals surface area contributed by atoms with Crippen LogP contribution in [-0.4, -0.2) is 59.9 Å². The molecule has 0 saturated carbocycles. The lowest BCUT2D eigenvalue weighted by atomic mass is 10.0. The number of aliphatic hydroxyl groups is 1. The summed E-state index contributed by atoms with van der Waals surface area (Å²) in [5.74, 6) is 1.19. The summed E-state index contributed by atoms with van der Waals surface area (Å²) in [6.45, 7) is 3.63. The third-order valence-corrected chi connectivity index (χ3v) is 6.48. The largest absolute Gasteiger partial charge is 0.487 e. The number of aliphatic hydroxyl groups excluding tert-OH is 1. The van der Waals surface area contributed by atoms with Crippen LogP contribution in [0.15, 0.2) is 24.3 Å². The Morgan fingerprint density at radius 2 is 2.10 bits per heavy atom. The smallest absolute Gasteiger partial charge is 0.256 e. The number of alkyl halides is 1. The number of pyridine rings is 1. The standard InChI is InChI=1S/C23H26FN3O4/c1-13-7-17-21(19(10-28)26(2)23(17)29)25-22(13)27-6-5-20(18(24)9-27)31-16-4-3-14-11-30-12-15(14)8-16/h3-4,7-8,18-20,28H,5-6,9-12H2,1-2H3/t18-,19?,20?/m1/s1. The Bertz CT molecular complexity index is 1030. The summed E-state index contributed by atoms with van der Waals surface area (Å²) in [7, 11) is 1.66. The highest BCUT2D eigenvalue weighted by Crippen LogP contribution is 2.35. The van der Waals surface area contributed by atoms with Crippen molar-refractivity contribution in [2.75, 3.05) is 31.6 Å². The molecular weight excluding hydrogens is 401 g/mol. The van der Waals surface area contributed by atoms with Gasteiger partial charge >= 0.3 is 0 Å². The number of ether oxygens (including phenoxy) is 2. The number of anilines is 1. The van der Waals surface area contributed by atoms with Crippen molar-refractivity contribution in [3.8, 4) is 5.75 Å². The van der Waals surface area contributed by atoms with Crippen molar-refractivity contribution >= 4 is 11.7 Å². The van der Waals surface area contributed by atoms with E-state index in [9.17, 15) is 9.90 Å². The molecule has 3 aliphatic heterocycles. The van der Waals surface area contributed by atoms with E-state index in [1.54, 1.807) is 13.1 Å². The number of carbonyl (C=O) groups is 1. The van der Waals surface area contributed by atoms with E-state index in [-0.39, 0.29) is 19.1 Å². The molecule has 1 N–H and O–H groups in total. The first-order valence-electron chi connectivity index (χ1n) is 10.6. The van der Waals surface area contributed by atoms with Crippen LogP contribution in [0, 0.1) is 6.92 Å². The van der Waals surface area contributed by atoms with Gasteiger partial charge in [0.25, 0.3) is 5.91 Å². The molecule has 2 aromatic rings. The first-order chi connectivity index (χ1) is 15.0. The molecule has 4 heterocycles. The minimum absolute atomic E-state index is 0.147. The van der Waals surface area contributed by atoms with E-state index in [0.717, 1.165) is 16.7 Å². The van der Waals surface area contributed by atoms with Gasteiger partial charge in [-0.15, -0.1) is 0 Å². The molecule has 1 aromatic carbocycles. The highest BCUT2D eigenvalue weighted by Gasteiger charge is 2.38. The SMILES string of the molecule is Cc1cc2c(nc1N1CCC(Oc3ccc4c(c3)COC4)[C@H](F)C1)C(CO)N(C)C2=O. The van der Waals surface area contributed by atoms with E-state index in [1.807, 2.05) is 30.0 Å². The zero-order valence-electron chi connectivity index (χ0n) is 17.7. The summed E-state index contributed by atoms with van der Waals surface area (Å²) in [6.07, 6.45) is -1.18. The molecule has 1 aromatic heterocycles. The number of aromatic nitrogens is 1. The highest BCUT2D eigenvalue weighted by atomic mass is 19.1. The molecule has 5 rings (SSSR count). The Labute approximate surface area is 180 Å². The van der Waals surface area contributed by atoms with Gasteiger partial charge in [-0.1, -0.05) is 6.07 Å². The van der Waals surface area contributed by atoms with Crippen LogP contribution in [0.4, 0.5) is 10.2 Å². The second kappa shape index (κ2) is 7.76. The number of halogens is 1. The summed E-state index contributed by atoms with van der Waals surface area (Å²) >= 11 is 0. The summed E-state index contributed by atoms with van der Waals surface area (Å²) in [5, 5.41) is 9.71. The normalized spacial score (nSPS) is 25.0. The number of aryl methyl sites for hydroxylation is 1. The second-order valence-electron chi connectivity index (χ2n) is 8.51. The minimum atomic E-state index is -1.18. The Kier molecular flexibility index (Phi) is 5.06. The highest BCUT2D eigenvalue weighted by molar-refractivity contribution is 5.99. The maximum absolute atomic E-state index is 15.1. The molecule has 31 heavy (non-hydrogen) atoms. The van der Waals surface area contributed by atoms with E-state index < -0.39 is 18.3 Å². The van der Waals surface area contributed by atoms with Crippen molar-refractivity contribution < 1.29 is 23.8 Å². The molecule has 0 radical (unpaired) electrons. The number of fused-ring (bicyclic) bond motifs is 2. The van der Waals surface area contributed by atoms with E-state index in [2.05, 4.69) is 0 Å². The van der Waals surface area contributed by atoms with E-state index in [1.165, 1.54) is 4.90 Å². The van der Waals surface area contributed by atoms with Gasteiger partial charge in [-0.2, -0.15) is 0 Å². The summed E-state index contributed by atoms with van der Waals surface area (Å²) in [5.41, 5.74) is 4.15. The monoisotopic (exact) mass is 427 g/mol. The van der Waals surface area contributed by atoms with E-state index >= 15 is 4.39 Å². The summed E-state index contributed by atoms with van der Waals surface area (Å²) in [4.78, 5) is 20.5. The molecule has 8 heteroatoms. The number of piperidine rings is 1. The molecule has 1 saturated heterocycles. The van der Waals surface area contributed by atoms with Gasteiger partial charge in [0, 0.05) is 20.0 Å². The molecule has 0 bridgehead atoms. The fraction of sp³-hybridized carbons (Fsp3) is 0.478. The lowest BCUT2D eigenvalue weighted by molar-refractivity contribution is 0.0714. The van der Waals surface area contributed by atoms with Crippen LogP contribution in [0.2, 0.25) is 0 Å². The van der Waals surface area contributed by atoms with Crippen LogP contribution in [0.5, 0.6) is 5.75 Å². The van der Waals surface area contributed by atoms with Gasteiger partial charge < -0.3 is 24.4 Å². The average Bonchev–Trinajstić information content (AvgIpc) is 3.31. The van der Waals surface area contributed by atoms with Gasteiger partial charge in [0.15, 0.2) is 6.17 Å². The fourth-order valence-corrected chi connectivity index (χ4v) is 4.69. The van der Waals surface area contributed by atoms with Crippen LogP contribution < -0.4 is 9.64 Å². The van der Waals surface area contributed by atoms with Gasteiger partial charge in [0.2, 0.25) is 0 Å². The molecular formula is C23H26FN3O4. The predicted molar refractivity (Wildman–Crippen MR) is 112 cm³/mol. The third kappa shape index (κ3) is 3.43. The molecule has 7 nitrogen and oxygen atoms in total. The Morgan fingerprint density at radius 1 is 1.29 bits per heavy atom. The lowest BCUT2D eigenvalue weighted by Crippen LogP contribution is -2.47. The van der Waals surface area contributed by atoms with Crippen molar-refractivity contribution in [1.29, 1.82) is 0 Å². The van der Waals surface area contributed by atoms with Crippen LogP contribution >= 0.6 is 0 Å². The Hall–Kier alpha value is -2.71. The fourth-order valence-electron chi connectivity index (χ4n) is 4.69. The number of amides is 1. The zero-order valence-corrected chi connectivity index (χ0v) is 17.7. The molecule has 0 spiro atoms. The summed E-state index contributed by atoms with van der Waals surface area (Å²) < 4.78 is 26.5. The summed E-state index contributed by atoms with van der Waals surface area (Å²) in [6, 6.07) is 7.13. The molecule has 164 valence electrons. The molecule has 3 atom stereocenters. The van der Waals surface area contributed by atoms with Gasteiger partial charge in [0.1, 0.15) is 17.7 Å². The molecule has 1 amide bonds. The van der Waals surface area contributed by atoms with Crippen molar-refractivity contribution in [2.45, 2.75) is 44.9 Å². The number of hydrogen-bond acceptors (Lipinski definition) is 6. The second-order valence-corrected chi connectivity index (χ2v) is 8.51. The Morgan fingerprint density at radius 3 is 2.87 bits per heavy atom. The molecule has 2 unspecified atom stereocenters. The van der Waals surface area contributed by atoms with Crippen molar-refractivity contribution in [3.63, 3.8) is 0 Å². The number of rotatable bonds is 4. The van der Waals surface area contributed by atoms with Crippen molar-refractivity contribution in [1.82, 2.24) is 9.88 Å². The minimum Gasteiger partial charge on any atom is -0.487 e. The van der Waals surface area contributed by atoms with Gasteiger partial charge in [-0.3, -0.25) is 4.79 Å². The van der Waals surface area contributed by atoms with Gasteiger partial charge in [0.05, 0.1) is 43.7 Å². The topological polar surface area (TPSA) is 75.1 Å². The first-order valence-corrected chi connectivity index (χ1v) is 10.6. The zero-order chi connectivity index (χ0) is 21.7. The van der Waals surface area contributed by atoms with Crippen molar-refractivity contribution in [2.24, 2.45) is 0 Å². The number of likely N-dealkylation sites (N-methyl/N-ethyl adjacent to an activating group) is 1. The number of nitrogens with zero attached hydrogens (tertiary/aromatic N) is 3. The molecule has 1 fully saturated rings. The maximum Gasteiger partial charge on any atom is 0.256 e. The third-order valence-electron chi connectivity index (χ3n) is 6.48. The van der Waals surface area contributed by atoms with Crippen molar-refractivity contribution in [3.05, 3.63) is 52.2 Å². The van der Waals surface area contributed by atoms with E-state index in [0.29, 0.717) is 49.0 Å². The van der Waals surface area contributed by atoms with Crippen LogP contribution in [0.25, 0.3) is 0 Å². The lowest BCUT2D eigenvalue weighted by Gasteiger charge is -2.36. The number of carbonyl (C=O) groups excluding carboxylic acids is 1. The van der Waals surface area contributed by atoms with Gasteiger partial charge in [-0.05, 0) is 41.8 Å². The van der Waals surface area contributed by atoms with Crippen LogP contribution in [0.3, 0.4) is 0 Å². The molecule has 0 aliphatic carbocycles. The average molecular weight is 427 g/mol. The number of benzene rings is 1. The van der Waals surface area contributed by atoms with Crippen LogP contribution in [-0.2, 0) is 18.0 Å². The van der Waals surface area contributed by atoms with Gasteiger partial charge in [-0.25, -0.2) is 9.37 Å². The van der Waals surface area contributed by atoms with E-state index in [4.69, 9.17) is 14.5 Å². The maximum atomic E-state index is 15.1. The quantitative estimate of drug-likeness (QED) is 0.808. The Balaban J connectivity index is 1.32. The predicted octanol–water partition coefficient (Wildman–Crippen LogP) is 2.54. The van der Waals surface area contributed by atoms with Crippen LogP contribution in [0.1, 0.15) is 45.2 Å².